The van der Waals surface area contributed by atoms with Gasteiger partial charge in [-0.15, -0.1) is 0 Å². The van der Waals surface area contributed by atoms with E-state index in [4.69, 9.17) is 4.74 Å². The molecule has 0 fully saturated rings. The second-order valence-electron chi connectivity index (χ2n) is 2.99. The Hall–Kier alpha value is 1.31. The van der Waals surface area contributed by atoms with E-state index in [1.807, 2.05) is 0 Å². The standard InChI is InChI=1S/C10H4Br6O2/c1-2-6(17)18-10(15,16)4-3-5(11)8(13)9(14)7(4)12/h2-3H,1H2. The number of esters is 1. The van der Waals surface area contributed by atoms with Gasteiger partial charge in [-0.1, -0.05) is 6.58 Å². The Labute approximate surface area is 155 Å². The van der Waals surface area contributed by atoms with E-state index >= 15 is 0 Å². The number of hydrogen-bond donors (Lipinski definition) is 0. The maximum Gasteiger partial charge on any atom is 0.332 e. The van der Waals surface area contributed by atoms with Gasteiger partial charge in [-0.2, -0.15) is 0 Å². The number of alkyl halides is 2. The maximum absolute atomic E-state index is 11.3. The Kier molecular flexibility index (Phi) is 6.60. The zero-order valence-electron chi connectivity index (χ0n) is 8.45. The summed E-state index contributed by atoms with van der Waals surface area (Å²) in [6, 6.07) is 1.80. The zero-order valence-corrected chi connectivity index (χ0v) is 18.0. The molecule has 0 atom stereocenters. The minimum atomic E-state index is -1.14. The molecular weight excluding hydrogens is 632 g/mol. The SMILES string of the molecule is C=CC(=O)OC(Br)(Br)c1cc(Br)c(Br)c(Br)c1Br. The lowest BCUT2D eigenvalue weighted by Crippen LogP contribution is -2.18. The van der Waals surface area contributed by atoms with Crippen LogP contribution in [0.5, 0.6) is 0 Å². The van der Waals surface area contributed by atoms with Crippen molar-refractivity contribution >= 4 is 102 Å². The molecule has 0 aliphatic heterocycles. The van der Waals surface area contributed by atoms with Gasteiger partial charge < -0.3 is 4.74 Å². The van der Waals surface area contributed by atoms with Crippen LogP contribution in [0.4, 0.5) is 0 Å². The lowest BCUT2D eigenvalue weighted by Gasteiger charge is -2.23. The van der Waals surface area contributed by atoms with Crippen molar-refractivity contribution in [2.75, 3.05) is 0 Å². The first kappa shape index (κ1) is 17.4. The summed E-state index contributed by atoms with van der Waals surface area (Å²) < 4.78 is 7.25. The van der Waals surface area contributed by atoms with Gasteiger partial charge in [-0.25, -0.2) is 4.79 Å². The van der Waals surface area contributed by atoms with Crippen LogP contribution in [0.2, 0.25) is 0 Å². The van der Waals surface area contributed by atoms with Crippen LogP contribution in [0.15, 0.2) is 36.6 Å². The summed E-state index contributed by atoms with van der Waals surface area (Å²) >= 11 is 20.3. The highest BCUT2D eigenvalue weighted by atomic mass is 79.9. The molecule has 0 amide bonds. The van der Waals surface area contributed by atoms with Crippen molar-refractivity contribution in [2.24, 2.45) is 0 Å². The van der Waals surface area contributed by atoms with Crippen LogP contribution >= 0.6 is 95.6 Å². The molecule has 0 radical (unpaired) electrons. The molecule has 0 saturated heterocycles. The third-order valence-electron chi connectivity index (χ3n) is 1.81. The van der Waals surface area contributed by atoms with Gasteiger partial charge in [0.1, 0.15) is 0 Å². The van der Waals surface area contributed by atoms with Crippen LogP contribution in [0.3, 0.4) is 0 Å². The predicted octanol–water partition coefficient (Wildman–Crippen LogP) is 6.37. The molecule has 2 nitrogen and oxygen atoms in total. The lowest BCUT2D eigenvalue weighted by atomic mass is 10.2. The van der Waals surface area contributed by atoms with Crippen molar-refractivity contribution in [3.63, 3.8) is 0 Å². The number of carbonyl (C=O) groups excluding carboxylic acids is 1. The average Bonchev–Trinajstić information content (AvgIpc) is 2.30. The molecule has 8 heteroatoms. The third kappa shape index (κ3) is 3.91. The molecule has 0 N–H and O–H groups in total. The number of hydrogen-bond acceptors (Lipinski definition) is 2. The van der Waals surface area contributed by atoms with Gasteiger partial charge in [0.2, 0.25) is 3.42 Å². The van der Waals surface area contributed by atoms with Gasteiger partial charge in [0.15, 0.2) is 0 Å². The van der Waals surface area contributed by atoms with Crippen LogP contribution < -0.4 is 0 Å². The summed E-state index contributed by atoms with van der Waals surface area (Å²) in [5, 5.41) is 0. The monoisotopic (exact) mass is 630 g/mol. The molecule has 0 saturated carbocycles. The summed E-state index contributed by atoms with van der Waals surface area (Å²) in [6.45, 7) is 3.36. The molecule has 18 heavy (non-hydrogen) atoms. The Balaban J connectivity index is 3.32. The summed E-state index contributed by atoms with van der Waals surface area (Å²) in [6.07, 6.45) is 1.09. The molecule has 0 bridgehead atoms. The van der Waals surface area contributed by atoms with Gasteiger partial charge in [0.05, 0.1) is 0 Å². The van der Waals surface area contributed by atoms with Crippen molar-refractivity contribution < 1.29 is 9.53 Å². The lowest BCUT2D eigenvalue weighted by molar-refractivity contribution is -0.140. The van der Waals surface area contributed by atoms with E-state index in [0.717, 1.165) is 24.0 Å². The Bertz CT molecular complexity index is 512. The second-order valence-corrected chi connectivity index (χ2v) is 9.52. The molecule has 0 aliphatic carbocycles. The zero-order chi connectivity index (χ0) is 14.1. The average molecular weight is 636 g/mol. The molecule has 0 aliphatic rings. The first-order valence-corrected chi connectivity index (χ1v) is 9.03. The summed E-state index contributed by atoms with van der Waals surface area (Å²) in [7, 11) is 0. The van der Waals surface area contributed by atoms with Gasteiger partial charge in [0, 0.05) is 29.5 Å². The minimum Gasteiger partial charge on any atom is -0.429 e. The first-order valence-electron chi connectivity index (χ1n) is 4.27. The molecule has 0 unspecified atom stereocenters. The Morgan fingerprint density at radius 3 is 2.22 bits per heavy atom. The molecule has 0 heterocycles. The van der Waals surface area contributed by atoms with Crippen molar-refractivity contribution in [2.45, 2.75) is 3.42 Å². The van der Waals surface area contributed by atoms with Crippen molar-refractivity contribution in [3.05, 3.63) is 42.2 Å². The van der Waals surface area contributed by atoms with Crippen LogP contribution in [0.25, 0.3) is 0 Å². The van der Waals surface area contributed by atoms with Crippen molar-refractivity contribution in [1.82, 2.24) is 0 Å². The summed E-state index contributed by atoms with van der Waals surface area (Å²) in [5.41, 5.74) is 0.680. The molecule has 0 spiro atoms. The highest BCUT2D eigenvalue weighted by molar-refractivity contribution is 9.24. The van der Waals surface area contributed by atoms with Crippen LogP contribution in [0, 0.1) is 0 Å². The van der Waals surface area contributed by atoms with Crippen LogP contribution in [0.1, 0.15) is 5.56 Å². The van der Waals surface area contributed by atoms with E-state index in [9.17, 15) is 4.79 Å². The molecule has 1 rings (SSSR count). The number of carbonyl (C=O) groups is 1. The second kappa shape index (κ2) is 6.85. The third-order valence-corrected chi connectivity index (χ3v) is 7.65. The van der Waals surface area contributed by atoms with E-state index < -0.39 is 9.39 Å². The van der Waals surface area contributed by atoms with Crippen molar-refractivity contribution in [1.29, 1.82) is 0 Å². The highest BCUT2D eigenvalue weighted by Gasteiger charge is 2.33. The minimum absolute atomic E-state index is 0.550. The van der Waals surface area contributed by atoms with Gasteiger partial charge in [-0.3, -0.25) is 0 Å². The molecule has 1 aromatic rings. The molecule has 98 valence electrons. The quantitative estimate of drug-likeness (QED) is 0.127. The van der Waals surface area contributed by atoms with E-state index in [1.165, 1.54) is 0 Å². The number of benzene rings is 1. The number of halogens is 6. The van der Waals surface area contributed by atoms with E-state index in [2.05, 4.69) is 102 Å². The summed E-state index contributed by atoms with van der Waals surface area (Å²) in [4.78, 5) is 11.3. The normalized spacial score (nSPS) is 11.2. The fraction of sp³-hybridized carbons (Fsp3) is 0.100. The predicted molar refractivity (Wildman–Crippen MR) is 93.1 cm³/mol. The summed E-state index contributed by atoms with van der Waals surface area (Å²) in [5.74, 6) is -0.550. The number of ether oxygens (including phenoxy) is 1. The molecule has 1 aromatic carbocycles. The van der Waals surface area contributed by atoms with Crippen LogP contribution in [-0.2, 0) is 13.0 Å². The fourth-order valence-corrected chi connectivity index (χ4v) is 4.78. The largest absolute Gasteiger partial charge is 0.429 e. The van der Waals surface area contributed by atoms with Crippen molar-refractivity contribution in [3.8, 4) is 0 Å². The first-order chi connectivity index (χ1) is 8.20. The topological polar surface area (TPSA) is 26.3 Å². The molecular formula is C10H4Br6O2. The smallest absolute Gasteiger partial charge is 0.332 e. The maximum atomic E-state index is 11.3. The van der Waals surface area contributed by atoms with E-state index in [-0.39, 0.29) is 0 Å². The number of rotatable bonds is 3. The van der Waals surface area contributed by atoms with E-state index in [1.54, 1.807) is 6.07 Å². The Morgan fingerprint density at radius 1 is 1.17 bits per heavy atom. The highest BCUT2D eigenvalue weighted by Crippen LogP contribution is 2.48. The van der Waals surface area contributed by atoms with Gasteiger partial charge >= 0.3 is 5.97 Å². The fourth-order valence-electron chi connectivity index (χ4n) is 1.01. The van der Waals surface area contributed by atoms with Gasteiger partial charge in [-0.05, 0) is 102 Å². The Morgan fingerprint density at radius 2 is 1.72 bits per heavy atom. The van der Waals surface area contributed by atoms with E-state index in [0.29, 0.717) is 5.56 Å². The van der Waals surface area contributed by atoms with Crippen LogP contribution in [-0.4, -0.2) is 5.97 Å². The van der Waals surface area contributed by atoms with Gasteiger partial charge in [0.25, 0.3) is 0 Å². The molecule has 0 aromatic heterocycles.